The van der Waals surface area contributed by atoms with E-state index in [2.05, 4.69) is 17.4 Å². The lowest BCUT2D eigenvalue weighted by Gasteiger charge is -2.08. The summed E-state index contributed by atoms with van der Waals surface area (Å²) in [7, 11) is 3.30. The Morgan fingerprint density at radius 2 is 1.47 bits per heavy atom. The molecule has 0 aliphatic rings. The molecule has 0 radical (unpaired) electrons. The van der Waals surface area contributed by atoms with Gasteiger partial charge in [0.2, 0.25) is 5.91 Å². The van der Waals surface area contributed by atoms with Crippen molar-refractivity contribution in [2.45, 2.75) is 13.0 Å². The zero-order valence-electron chi connectivity index (χ0n) is 23.9. The first-order valence-electron chi connectivity index (χ1n) is 13.8. The third-order valence-corrected chi connectivity index (χ3v) is 7.53. The first-order chi connectivity index (χ1) is 20.9. The van der Waals surface area contributed by atoms with Crippen LogP contribution in [0.5, 0.6) is 11.5 Å². The quantitative estimate of drug-likeness (QED) is 0.164. The van der Waals surface area contributed by atoms with Crippen molar-refractivity contribution in [1.82, 2.24) is 14.9 Å². The van der Waals surface area contributed by atoms with Gasteiger partial charge in [0, 0.05) is 23.3 Å². The van der Waals surface area contributed by atoms with Crippen LogP contribution in [0.4, 0.5) is 0 Å². The summed E-state index contributed by atoms with van der Waals surface area (Å²) >= 11 is 12.6. The number of carbonyl (C=O) groups excluding carboxylic acids is 1. The van der Waals surface area contributed by atoms with E-state index in [1.165, 1.54) is 0 Å². The largest absolute Gasteiger partial charge is 0.497 e. The molecule has 0 aliphatic heterocycles. The van der Waals surface area contributed by atoms with Crippen molar-refractivity contribution < 1.29 is 14.3 Å². The van der Waals surface area contributed by atoms with Crippen LogP contribution in [-0.2, 0) is 17.8 Å². The number of aromatic nitrogens is 2. The maximum Gasteiger partial charge on any atom is 0.240 e. The van der Waals surface area contributed by atoms with E-state index in [0.29, 0.717) is 34.5 Å². The fourth-order valence-corrected chi connectivity index (χ4v) is 5.11. The lowest BCUT2D eigenvalue weighted by molar-refractivity contribution is -0.121. The van der Waals surface area contributed by atoms with Gasteiger partial charge in [-0.1, -0.05) is 77.8 Å². The molecule has 1 amide bonds. The predicted octanol–water partition coefficient (Wildman–Crippen LogP) is 8.07. The number of carbonyl (C=O) groups is 1. The van der Waals surface area contributed by atoms with Gasteiger partial charge in [-0.05, 0) is 77.2 Å². The average molecular weight is 613 g/mol. The Balaban J connectivity index is 1.32. The van der Waals surface area contributed by atoms with Crippen molar-refractivity contribution >= 4 is 41.3 Å². The van der Waals surface area contributed by atoms with Crippen LogP contribution in [0.25, 0.3) is 34.5 Å². The van der Waals surface area contributed by atoms with Crippen molar-refractivity contribution in [2.24, 2.45) is 0 Å². The summed E-state index contributed by atoms with van der Waals surface area (Å²) in [6.45, 7) is 0.623. The van der Waals surface area contributed by atoms with Crippen LogP contribution in [0.1, 0.15) is 17.0 Å². The number of ether oxygens (including phenoxy) is 2. The van der Waals surface area contributed by atoms with Crippen molar-refractivity contribution in [3.8, 4) is 33.9 Å². The van der Waals surface area contributed by atoms with Gasteiger partial charge in [-0.15, -0.1) is 0 Å². The van der Waals surface area contributed by atoms with Gasteiger partial charge in [-0.2, -0.15) is 0 Å². The number of methoxy groups -OCH3 is 2. The van der Waals surface area contributed by atoms with Gasteiger partial charge in [0.1, 0.15) is 23.9 Å². The van der Waals surface area contributed by atoms with Crippen molar-refractivity contribution in [2.75, 3.05) is 20.8 Å². The normalized spacial score (nSPS) is 11.1. The number of benzene rings is 4. The Kier molecular flexibility index (Phi) is 9.82. The minimum atomic E-state index is -0.113. The molecule has 0 saturated carbocycles. The highest BCUT2D eigenvalue weighted by Crippen LogP contribution is 2.30. The van der Waals surface area contributed by atoms with Gasteiger partial charge < -0.3 is 19.4 Å². The summed E-state index contributed by atoms with van der Waals surface area (Å²) < 4.78 is 12.3. The molecule has 0 fully saturated rings. The van der Waals surface area contributed by atoms with Crippen LogP contribution in [0.3, 0.4) is 0 Å². The lowest BCUT2D eigenvalue weighted by Crippen LogP contribution is -2.29. The van der Waals surface area contributed by atoms with E-state index in [-0.39, 0.29) is 12.5 Å². The van der Waals surface area contributed by atoms with Gasteiger partial charge in [0.25, 0.3) is 0 Å². The van der Waals surface area contributed by atoms with Crippen LogP contribution in [0.15, 0.2) is 97.2 Å². The molecule has 8 heteroatoms. The molecular formula is C35H31Cl2N3O3. The number of hydrogen-bond donors (Lipinski definition) is 1. The molecule has 0 atom stereocenters. The maximum atomic E-state index is 12.9. The van der Waals surface area contributed by atoms with Crippen LogP contribution in [0.2, 0.25) is 10.0 Å². The topological polar surface area (TPSA) is 65.4 Å². The van der Waals surface area contributed by atoms with Crippen LogP contribution >= 0.6 is 23.2 Å². The SMILES string of the molecule is COc1ccc(CCNC(=O)Cn2cc(-c3ccc(Cl)cc3Cl)nc2/C=C/c2ccc(-c3ccc(OC)cc3)cc2)cc1. The first kappa shape index (κ1) is 30.0. The standard InChI is InChI=1S/C35H31Cl2N3O3/c1-42-29-13-5-25(6-14-29)19-20-38-35(41)23-40-22-33(31-17-12-28(36)21-32(31)37)39-34(40)18-7-24-3-8-26(9-4-24)27-10-15-30(43-2)16-11-27/h3-18,21-22H,19-20,23H2,1-2H3,(H,38,41)/b18-7+. The Morgan fingerprint density at radius 1 is 0.837 bits per heavy atom. The fraction of sp³-hybridized carbons (Fsp3) is 0.143. The molecule has 218 valence electrons. The third-order valence-electron chi connectivity index (χ3n) is 6.98. The summed E-state index contributed by atoms with van der Waals surface area (Å²) in [5, 5.41) is 4.05. The number of hydrogen-bond acceptors (Lipinski definition) is 4. The van der Waals surface area contributed by atoms with Gasteiger partial charge >= 0.3 is 0 Å². The highest BCUT2D eigenvalue weighted by atomic mass is 35.5. The van der Waals surface area contributed by atoms with Crippen molar-refractivity contribution in [1.29, 1.82) is 0 Å². The van der Waals surface area contributed by atoms with Gasteiger partial charge in [-0.3, -0.25) is 4.79 Å². The molecule has 1 heterocycles. The molecular weight excluding hydrogens is 581 g/mol. The molecule has 0 saturated heterocycles. The highest BCUT2D eigenvalue weighted by molar-refractivity contribution is 6.36. The zero-order chi connectivity index (χ0) is 30.2. The zero-order valence-corrected chi connectivity index (χ0v) is 25.4. The summed E-state index contributed by atoms with van der Waals surface area (Å²) in [4.78, 5) is 17.8. The summed E-state index contributed by atoms with van der Waals surface area (Å²) in [6.07, 6.45) is 6.43. The molecule has 5 rings (SSSR count). The van der Waals surface area contributed by atoms with Crippen molar-refractivity contribution in [3.63, 3.8) is 0 Å². The average Bonchev–Trinajstić information content (AvgIpc) is 3.42. The first-order valence-corrected chi connectivity index (χ1v) is 14.5. The lowest BCUT2D eigenvalue weighted by atomic mass is 10.0. The molecule has 1 aromatic heterocycles. The predicted molar refractivity (Wildman–Crippen MR) is 175 cm³/mol. The molecule has 1 N–H and O–H groups in total. The molecule has 0 unspecified atom stereocenters. The second-order valence-corrected chi connectivity index (χ2v) is 10.7. The number of amides is 1. The van der Waals surface area contributed by atoms with E-state index >= 15 is 0 Å². The number of rotatable bonds is 11. The maximum absolute atomic E-state index is 12.9. The van der Waals surface area contributed by atoms with Crippen LogP contribution in [0, 0.1) is 0 Å². The number of nitrogens with zero attached hydrogens (tertiary/aromatic N) is 2. The van der Waals surface area contributed by atoms with E-state index < -0.39 is 0 Å². The van der Waals surface area contributed by atoms with Gasteiger partial charge in [-0.25, -0.2) is 4.98 Å². The second kappa shape index (κ2) is 14.1. The molecule has 0 spiro atoms. The van der Waals surface area contributed by atoms with E-state index in [4.69, 9.17) is 37.7 Å². The monoisotopic (exact) mass is 611 g/mol. The fourth-order valence-electron chi connectivity index (χ4n) is 4.61. The van der Waals surface area contributed by atoms with Crippen LogP contribution < -0.4 is 14.8 Å². The van der Waals surface area contributed by atoms with Gasteiger partial charge in [0.05, 0.1) is 24.9 Å². The molecule has 0 bridgehead atoms. The molecule has 4 aromatic carbocycles. The summed E-state index contributed by atoms with van der Waals surface area (Å²) in [5.74, 6) is 2.14. The van der Waals surface area contributed by atoms with Crippen LogP contribution in [-0.4, -0.2) is 36.2 Å². The van der Waals surface area contributed by atoms with Gasteiger partial charge in [0.15, 0.2) is 0 Å². The third kappa shape index (κ3) is 7.86. The minimum absolute atomic E-state index is 0.108. The second-order valence-electron chi connectivity index (χ2n) is 9.87. The molecule has 43 heavy (non-hydrogen) atoms. The summed E-state index contributed by atoms with van der Waals surface area (Å²) in [6, 6.07) is 29.3. The highest BCUT2D eigenvalue weighted by Gasteiger charge is 2.14. The summed E-state index contributed by atoms with van der Waals surface area (Å²) in [5.41, 5.74) is 5.72. The van der Waals surface area contributed by atoms with E-state index in [1.807, 2.05) is 89.6 Å². The smallest absolute Gasteiger partial charge is 0.240 e. The molecule has 5 aromatic rings. The Labute approximate surface area is 261 Å². The molecule has 0 aliphatic carbocycles. The molecule has 6 nitrogen and oxygen atoms in total. The Hall–Kier alpha value is -4.52. The van der Waals surface area contributed by atoms with E-state index in [0.717, 1.165) is 39.3 Å². The Morgan fingerprint density at radius 3 is 2.09 bits per heavy atom. The minimum Gasteiger partial charge on any atom is -0.497 e. The Bertz CT molecular complexity index is 1710. The van der Waals surface area contributed by atoms with E-state index in [1.54, 1.807) is 26.4 Å². The number of imidazole rings is 1. The van der Waals surface area contributed by atoms with Crippen molar-refractivity contribution in [3.05, 3.63) is 124 Å². The number of nitrogens with one attached hydrogen (secondary N) is 1. The van der Waals surface area contributed by atoms with E-state index in [9.17, 15) is 4.79 Å². The number of halogens is 2.